The molecule has 1 aliphatic rings. The Balaban J connectivity index is 2.53. The van der Waals surface area contributed by atoms with Crippen molar-refractivity contribution in [1.82, 2.24) is 4.90 Å². The standard InChI is InChI=1S/C11H19FN2O3/c1-10(2,3)17-9(16)14-6-4-11(12,5-7-14)8(13)15/h4-7H2,1-3H3,(H2,13,15). The van der Waals surface area contributed by atoms with Gasteiger partial charge in [0.1, 0.15) is 5.60 Å². The minimum Gasteiger partial charge on any atom is -0.444 e. The fraction of sp³-hybridized carbons (Fsp3) is 0.818. The van der Waals surface area contributed by atoms with Crippen LogP contribution in [0.5, 0.6) is 0 Å². The minimum atomic E-state index is -1.99. The Bertz CT molecular complexity index is 317. The number of likely N-dealkylation sites (tertiary alicyclic amines) is 1. The highest BCUT2D eigenvalue weighted by molar-refractivity contribution is 5.83. The first-order valence-electron chi connectivity index (χ1n) is 5.61. The minimum absolute atomic E-state index is 0.0679. The molecule has 0 unspecified atom stereocenters. The zero-order chi connectivity index (χ0) is 13.3. The molecule has 1 saturated heterocycles. The van der Waals surface area contributed by atoms with Gasteiger partial charge in [0.15, 0.2) is 5.67 Å². The molecule has 2 N–H and O–H groups in total. The van der Waals surface area contributed by atoms with Crippen LogP contribution in [0.15, 0.2) is 0 Å². The number of hydrogen-bond acceptors (Lipinski definition) is 3. The molecule has 2 amide bonds. The average molecular weight is 246 g/mol. The number of piperidine rings is 1. The SMILES string of the molecule is CC(C)(C)OC(=O)N1CCC(F)(C(N)=O)CC1. The van der Waals surface area contributed by atoms with Crippen molar-refractivity contribution >= 4 is 12.0 Å². The number of carbonyl (C=O) groups excluding carboxylic acids is 2. The number of amides is 2. The van der Waals surface area contributed by atoms with Crippen molar-refractivity contribution in [2.45, 2.75) is 44.9 Å². The summed E-state index contributed by atoms with van der Waals surface area (Å²) in [6, 6.07) is 0. The Kier molecular flexibility index (Phi) is 3.64. The third kappa shape index (κ3) is 3.57. The quantitative estimate of drug-likeness (QED) is 0.755. The van der Waals surface area contributed by atoms with Gasteiger partial charge in [-0.25, -0.2) is 9.18 Å². The van der Waals surface area contributed by atoms with Gasteiger partial charge in [-0.15, -0.1) is 0 Å². The Morgan fingerprint density at radius 2 is 1.76 bits per heavy atom. The van der Waals surface area contributed by atoms with E-state index >= 15 is 0 Å². The largest absolute Gasteiger partial charge is 0.444 e. The maximum absolute atomic E-state index is 13.8. The van der Waals surface area contributed by atoms with Gasteiger partial charge in [0.2, 0.25) is 0 Å². The fourth-order valence-corrected chi connectivity index (χ4v) is 1.62. The molecule has 17 heavy (non-hydrogen) atoms. The molecule has 0 atom stereocenters. The molecule has 0 aliphatic carbocycles. The second kappa shape index (κ2) is 4.50. The lowest BCUT2D eigenvalue weighted by Crippen LogP contribution is -2.51. The first-order chi connectivity index (χ1) is 7.64. The molecule has 0 radical (unpaired) electrons. The summed E-state index contributed by atoms with van der Waals surface area (Å²) in [4.78, 5) is 23.9. The number of ether oxygens (including phenoxy) is 1. The predicted molar refractivity (Wildman–Crippen MR) is 60.1 cm³/mol. The van der Waals surface area contributed by atoms with Crippen LogP contribution >= 0.6 is 0 Å². The molecule has 0 aromatic rings. The van der Waals surface area contributed by atoms with E-state index in [1.54, 1.807) is 20.8 Å². The molecule has 0 aromatic carbocycles. The number of hydrogen-bond donors (Lipinski definition) is 1. The molecule has 1 fully saturated rings. The number of nitrogens with zero attached hydrogens (tertiary/aromatic N) is 1. The lowest BCUT2D eigenvalue weighted by Gasteiger charge is -2.35. The molecule has 5 nitrogen and oxygen atoms in total. The third-order valence-corrected chi connectivity index (χ3v) is 2.65. The molecule has 1 aliphatic heterocycles. The van der Waals surface area contributed by atoms with Crippen LogP contribution in [-0.2, 0) is 9.53 Å². The third-order valence-electron chi connectivity index (χ3n) is 2.65. The van der Waals surface area contributed by atoms with Crippen LogP contribution in [0.3, 0.4) is 0 Å². The lowest BCUT2D eigenvalue weighted by atomic mass is 9.93. The van der Waals surface area contributed by atoms with E-state index in [0.717, 1.165) is 0 Å². The second-order valence-corrected chi connectivity index (χ2v) is 5.30. The number of halogens is 1. The van der Waals surface area contributed by atoms with Gasteiger partial charge in [-0.1, -0.05) is 0 Å². The van der Waals surface area contributed by atoms with Crippen molar-refractivity contribution in [1.29, 1.82) is 0 Å². The van der Waals surface area contributed by atoms with E-state index in [-0.39, 0.29) is 25.9 Å². The van der Waals surface area contributed by atoms with Crippen LogP contribution in [0.4, 0.5) is 9.18 Å². The number of nitrogens with two attached hydrogens (primary N) is 1. The number of alkyl halides is 1. The molecule has 0 saturated carbocycles. The molecule has 98 valence electrons. The normalized spacial score (nSPS) is 19.9. The van der Waals surface area contributed by atoms with Crippen molar-refractivity contribution in [2.75, 3.05) is 13.1 Å². The summed E-state index contributed by atoms with van der Waals surface area (Å²) in [5.41, 5.74) is 2.41. The monoisotopic (exact) mass is 246 g/mol. The summed E-state index contributed by atoms with van der Waals surface area (Å²) >= 11 is 0. The highest BCUT2D eigenvalue weighted by Gasteiger charge is 2.41. The summed E-state index contributed by atoms with van der Waals surface area (Å²) in [5, 5.41) is 0. The lowest BCUT2D eigenvalue weighted by molar-refractivity contribution is -0.132. The first kappa shape index (κ1) is 13.7. The Morgan fingerprint density at radius 3 is 2.12 bits per heavy atom. The summed E-state index contributed by atoms with van der Waals surface area (Å²) in [6.45, 7) is 5.58. The summed E-state index contributed by atoms with van der Waals surface area (Å²) in [7, 11) is 0. The van der Waals surface area contributed by atoms with Gasteiger partial charge < -0.3 is 15.4 Å². The van der Waals surface area contributed by atoms with Gasteiger partial charge in [0.25, 0.3) is 5.91 Å². The van der Waals surface area contributed by atoms with Gasteiger partial charge in [0.05, 0.1) is 0 Å². The predicted octanol–water partition coefficient (Wildman–Crippen LogP) is 1.21. The van der Waals surface area contributed by atoms with E-state index in [1.165, 1.54) is 4.90 Å². The first-order valence-corrected chi connectivity index (χ1v) is 5.61. The maximum Gasteiger partial charge on any atom is 0.410 e. The van der Waals surface area contributed by atoms with Gasteiger partial charge >= 0.3 is 6.09 Å². The maximum atomic E-state index is 13.8. The van der Waals surface area contributed by atoms with E-state index in [1.807, 2.05) is 0 Å². The van der Waals surface area contributed by atoms with Crippen molar-refractivity contribution < 1.29 is 18.7 Å². The molecular formula is C11H19FN2O3. The van der Waals surface area contributed by atoms with Crippen LogP contribution in [0.2, 0.25) is 0 Å². The van der Waals surface area contributed by atoms with Gasteiger partial charge in [-0.2, -0.15) is 0 Å². The Labute approximate surface area is 100 Å². The van der Waals surface area contributed by atoms with Crippen LogP contribution in [0, 0.1) is 0 Å². The zero-order valence-electron chi connectivity index (χ0n) is 10.5. The van der Waals surface area contributed by atoms with Crippen molar-refractivity contribution in [3.63, 3.8) is 0 Å². The van der Waals surface area contributed by atoms with Crippen molar-refractivity contribution in [2.24, 2.45) is 5.73 Å². The average Bonchev–Trinajstić information content (AvgIpc) is 2.15. The highest BCUT2D eigenvalue weighted by Crippen LogP contribution is 2.27. The molecular weight excluding hydrogens is 227 g/mol. The van der Waals surface area contributed by atoms with Gasteiger partial charge in [-0.05, 0) is 20.8 Å². The van der Waals surface area contributed by atoms with Crippen molar-refractivity contribution in [3.05, 3.63) is 0 Å². The van der Waals surface area contributed by atoms with Crippen LogP contribution in [0.1, 0.15) is 33.6 Å². The molecule has 1 rings (SSSR count). The molecule has 6 heteroatoms. The van der Waals surface area contributed by atoms with Crippen molar-refractivity contribution in [3.8, 4) is 0 Å². The molecule has 0 spiro atoms. The van der Waals surface area contributed by atoms with Gasteiger partial charge in [0, 0.05) is 25.9 Å². The Hall–Kier alpha value is -1.33. The van der Waals surface area contributed by atoms with Crippen LogP contribution < -0.4 is 5.73 Å². The second-order valence-electron chi connectivity index (χ2n) is 5.30. The fourth-order valence-electron chi connectivity index (χ4n) is 1.62. The van der Waals surface area contributed by atoms with E-state index < -0.39 is 23.3 Å². The molecule has 0 aromatic heterocycles. The smallest absolute Gasteiger partial charge is 0.410 e. The molecule has 1 heterocycles. The topological polar surface area (TPSA) is 72.6 Å². The number of rotatable bonds is 1. The van der Waals surface area contributed by atoms with E-state index in [2.05, 4.69) is 0 Å². The number of primary amides is 1. The molecule has 0 bridgehead atoms. The summed E-state index contributed by atoms with van der Waals surface area (Å²) in [6.07, 6.45) is -0.618. The van der Waals surface area contributed by atoms with Crippen LogP contribution in [0.25, 0.3) is 0 Å². The van der Waals surface area contributed by atoms with Gasteiger partial charge in [-0.3, -0.25) is 4.79 Å². The summed E-state index contributed by atoms with van der Waals surface area (Å²) in [5.74, 6) is -0.957. The van der Waals surface area contributed by atoms with E-state index in [4.69, 9.17) is 10.5 Å². The van der Waals surface area contributed by atoms with E-state index in [9.17, 15) is 14.0 Å². The highest BCUT2D eigenvalue weighted by atomic mass is 19.1. The summed E-state index contributed by atoms with van der Waals surface area (Å²) < 4.78 is 19.0. The van der Waals surface area contributed by atoms with E-state index in [0.29, 0.717) is 0 Å². The van der Waals surface area contributed by atoms with Crippen LogP contribution in [-0.4, -0.2) is 41.3 Å². The zero-order valence-corrected chi connectivity index (χ0v) is 10.5. The number of carbonyl (C=O) groups is 2. The Morgan fingerprint density at radius 1 is 1.29 bits per heavy atom.